The van der Waals surface area contributed by atoms with Crippen molar-refractivity contribution in [3.8, 4) is 33.9 Å². The average Bonchev–Trinajstić information content (AvgIpc) is 3.43. The summed E-state index contributed by atoms with van der Waals surface area (Å²) in [5, 5.41) is 14.4. The second-order valence-electron chi connectivity index (χ2n) is 9.69. The summed E-state index contributed by atoms with van der Waals surface area (Å²) in [6.07, 6.45) is 3.80. The van der Waals surface area contributed by atoms with Gasteiger partial charge in [-0.1, -0.05) is 5.16 Å². The summed E-state index contributed by atoms with van der Waals surface area (Å²) in [7, 11) is 0. The lowest BCUT2D eigenvalue weighted by molar-refractivity contribution is -0.0436. The van der Waals surface area contributed by atoms with E-state index < -0.39 is 11.9 Å². The molecule has 4 aromatic rings. The fraction of sp³-hybridized carbons (Fsp3) is 0.429. The number of pyridine rings is 2. The van der Waals surface area contributed by atoms with Gasteiger partial charge >= 0.3 is 5.97 Å². The number of hydrogen-bond acceptors (Lipinski definition) is 7. The number of alkyl halides is 2. The first kappa shape index (κ1) is 26.6. The van der Waals surface area contributed by atoms with Gasteiger partial charge in [0.25, 0.3) is 0 Å². The van der Waals surface area contributed by atoms with E-state index in [9.17, 15) is 18.7 Å². The summed E-state index contributed by atoms with van der Waals surface area (Å²) >= 11 is 0. The number of carbonyl (C=O) groups is 1. The molecule has 1 fully saturated rings. The molecule has 0 bridgehead atoms. The van der Waals surface area contributed by atoms with Crippen LogP contribution in [0.1, 0.15) is 67.5 Å². The Kier molecular flexibility index (Phi) is 7.00. The molecule has 0 aliphatic heterocycles. The molecule has 1 aliphatic rings. The highest BCUT2D eigenvalue weighted by molar-refractivity contribution is 6.00. The molecule has 11 heteroatoms. The summed E-state index contributed by atoms with van der Waals surface area (Å²) in [5.41, 5.74) is 3.84. The molecule has 0 radical (unpaired) electrons. The van der Waals surface area contributed by atoms with Crippen molar-refractivity contribution in [1.82, 2.24) is 19.7 Å². The molecule has 0 spiro atoms. The molecule has 0 aromatic carbocycles. The van der Waals surface area contributed by atoms with E-state index in [2.05, 4.69) is 10.1 Å². The van der Waals surface area contributed by atoms with Gasteiger partial charge < -0.3 is 23.7 Å². The minimum atomic E-state index is -2.67. The van der Waals surface area contributed by atoms with Crippen molar-refractivity contribution in [2.24, 2.45) is 0 Å². The van der Waals surface area contributed by atoms with Crippen LogP contribution in [0, 0.1) is 13.8 Å². The van der Waals surface area contributed by atoms with Gasteiger partial charge in [-0.25, -0.2) is 23.5 Å². The van der Waals surface area contributed by atoms with Crippen molar-refractivity contribution >= 4 is 17.0 Å². The number of rotatable bonds is 8. The summed E-state index contributed by atoms with van der Waals surface area (Å²) < 4.78 is 47.1. The van der Waals surface area contributed by atoms with Crippen LogP contribution in [-0.4, -0.2) is 49.9 Å². The molecule has 9 nitrogen and oxygen atoms in total. The second-order valence-corrected chi connectivity index (χ2v) is 9.69. The van der Waals surface area contributed by atoms with E-state index in [1.807, 2.05) is 30.7 Å². The zero-order valence-corrected chi connectivity index (χ0v) is 22.3. The molecular weight excluding hydrogens is 510 g/mol. The molecular formula is C28H30F2N4O5. The third-order valence-electron chi connectivity index (χ3n) is 7.09. The summed E-state index contributed by atoms with van der Waals surface area (Å²) in [6.45, 7) is 7.77. The SMILES string of the molecule is CCOc1cc(C(=O)O)nc(OCC)c1-c1cn(C2CCC(F)(F)CC2)c2ncc(-c3c(C)noc3C)cc12. The molecule has 39 heavy (non-hydrogen) atoms. The number of ether oxygens (including phenoxy) is 2. The maximum absolute atomic E-state index is 14.0. The van der Waals surface area contributed by atoms with Crippen LogP contribution in [0.15, 0.2) is 29.0 Å². The smallest absolute Gasteiger partial charge is 0.354 e. The van der Waals surface area contributed by atoms with Gasteiger partial charge in [0.05, 0.1) is 24.5 Å². The third kappa shape index (κ3) is 4.93. The predicted molar refractivity (Wildman–Crippen MR) is 140 cm³/mol. The van der Waals surface area contributed by atoms with Gasteiger partial charge in [-0.05, 0) is 46.6 Å². The summed E-state index contributed by atoms with van der Waals surface area (Å²) in [6, 6.07) is 3.14. The number of carboxylic acid groups (broad SMARTS) is 1. The van der Waals surface area contributed by atoms with E-state index in [-0.39, 0.29) is 43.7 Å². The molecule has 0 saturated heterocycles. The number of hydrogen-bond donors (Lipinski definition) is 1. The van der Waals surface area contributed by atoms with E-state index in [4.69, 9.17) is 19.0 Å². The van der Waals surface area contributed by atoms with Gasteiger partial charge in [0.2, 0.25) is 11.8 Å². The van der Waals surface area contributed by atoms with Crippen LogP contribution >= 0.6 is 0 Å². The average molecular weight is 541 g/mol. The molecule has 206 valence electrons. The Labute approximate surface area is 223 Å². The van der Waals surface area contributed by atoms with Crippen LogP contribution in [0.3, 0.4) is 0 Å². The monoisotopic (exact) mass is 540 g/mol. The Morgan fingerprint density at radius 3 is 2.49 bits per heavy atom. The van der Waals surface area contributed by atoms with Crippen LogP contribution in [0.25, 0.3) is 33.3 Å². The third-order valence-corrected chi connectivity index (χ3v) is 7.09. The van der Waals surface area contributed by atoms with E-state index in [0.717, 1.165) is 16.5 Å². The van der Waals surface area contributed by atoms with Crippen LogP contribution in [-0.2, 0) is 0 Å². The molecule has 5 rings (SSSR count). The maximum atomic E-state index is 14.0. The molecule has 0 amide bonds. The van der Waals surface area contributed by atoms with E-state index in [1.54, 1.807) is 20.0 Å². The number of aryl methyl sites for hydroxylation is 2. The summed E-state index contributed by atoms with van der Waals surface area (Å²) in [5.74, 6) is -2.84. The molecule has 4 aromatic heterocycles. The highest BCUT2D eigenvalue weighted by atomic mass is 19.3. The standard InChI is InChI=1S/C28H30F2N4O5/c1-5-37-22-12-21(27(35)36)32-26(38-6-2)24(22)20-14-34(18-7-9-28(29,30)10-8-18)25-19(20)11-17(13-31-25)23-15(3)33-39-16(23)4/h11-14,18H,5-10H2,1-4H3,(H,35,36). The number of nitrogens with zero attached hydrogens (tertiary/aromatic N) is 4. The van der Waals surface area contributed by atoms with Crippen LogP contribution in [0.5, 0.6) is 11.6 Å². The number of aromatic carboxylic acids is 1. The van der Waals surface area contributed by atoms with Gasteiger partial charge in [-0.2, -0.15) is 0 Å². The van der Waals surface area contributed by atoms with Crippen molar-refractivity contribution in [3.63, 3.8) is 0 Å². The van der Waals surface area contributed by atoms with Crippen LogP contribution in [0.4, 0.5) is 8.78 Å². The Hall–Kier alpha value is -4.02. The van der Waals surface area contributed by atoms with Crippen molar-refractivity contribution in [2.45, 2.75) is 65.3 Å². The largest absolute Gasteiger partial charge is 0.493 e. The first-order chi connectivity index (χ1) is 18.6. The van der Waals surface area contributed by atoms with Gasteiger partial charge in [0.15, 0.2) is 5.69 Å². The number of halogens is 2. The van der Waals surface area contributed by atoms with Crippen LogP contribution in [0.2, 0.25) is 0 Å². The first-order valence-corrected chi connectivity index (χ1v) is 13.0. The van der Waals surface area contributed by atoms with Crippen molar-refractivity contribution in [3.05, 3.63) is 41.7 Å². The van der Waals surface area contributed by atoms with Gasteiger partial charge in [-0.3, -0.25) is 0 Å². The quantitative estimate of drug-likeness (QED) is 0.265. The molecule has 0 atom stereocenters. The zero-order valence-electron chi connectivity index (χ0n) is 22.3. The van der Waals surface area contributed by atoms with Crippen molar-refractivity contribution in [1.29, 1.82) is 0 Å². The van der Waals surface area contributed by atoms with Gasteiger partial charge in [-0.15, -0.1) is 0 Å². The fourth-order valence-corrected chi connectivity index (χ4v) is 5.31. The molecule has 4 heterocycles. The van der Waals surface area contributed by atoms with Gasteiger partial charge in [0.1, 0.15) is 17.2 Å². The molecule has 1 saturated carbocycles. The Morgan fingerprint density at radius 1 is 1.15 bits per heavy atom. The number of carboxylic acids is 1. The minimum absolute atomic E-state index is 0.109. The summed E-state index contributed by atoms with van der Waals surface area (Å²) in [4.78, 5) is 20.9. The topological polar surface area (TPSA) is 113 Å². The maximum Gasteiger partial charge on any atom is 0.354 e. The molecule has 1 aliphatic carbocycles. The highest BCUT2D eigenvalue weighted by Gasteiger charge is 2.36. The Balaban J connectivity index is 1.78. The highest BCUT2D eigenvalue weighted by Crippen LogP contribution is 2.46. The predicted octanol–water partition coefficient (Wildman–Crippen LogP) is 6.62. The normalized spacial score (nSPS) is 15.5. The van der Waals surface area contributed by atoms with Crippen molar-refractivity contribution < 1.29 is 32.7 Å². The van der Waals surface area contributed by atoms with Gasteiger partial charge in [0, 0.05) is 59.4 Å². The Morgan fingerprint density at radius 2 is 1.87 bits per heavy atom. The fourth-order valence-electron chi connectivity index (χ4n) is 5.31. The molecule has 1 N–H and O–H groups in total. The molecule has 0 unspecified atom stereocenters. The lowest BCUT2D eigenvalue weighted by Gasteiger charge is -2.29. The Bertz CT molecular complexity index is 1490. The van der Waals surface area contributed by atoms with E-state index >= 15 is 0 Å². The zero-order chi connectivity index (χ0) is 27.9. The van der Waals surface area contributed by atoms with E-state index in [0.29, 0.717) is 46.8 Å². The number of aromatic nitrogens is 4. The first-order valence-electron chi connectivity index (χ1n) is 13.0. The number of fused-ring (bicyclic) bond motifs is 1. The van der Waals surface area contributed by atoms with E-state index in [1.165, 1.54) is 6.07 Å². The van der Waals surface area contributed by atoms with Crippen molar-refractivity contribution in [2.75, 3.05) is 13.2 Å². The minimum Gasteiger partial charge on any atom is -0.493 e. The lowest BCUT2D eigenvalue weighted by atomic mass is 9.92. The second kappa shape index (κ2) is 10.3. The lowest BCUT2D eigenvalue weighted by Crippen LogP contribution is -2.26. The van der Waals surface area contributed by atoms with Crippen LogP contribution < -0.4 is 9.47 Å².